The monoisotopic (exact) mass is 260 g/mol. The van der Waals surface area contributed by atoms with Gasteiger partial charge in [0.05, 0.1) is 11.1 Å². The Hall–Kier alpha value is -1.02. The van der Waals surface area contributed by atoms with E-state index in [-0.39, 0.29) is 0 Å². The molecule has 2 aliphatic rings. The summed E-state index contributed by atoms with van der Waals surface area (Å²) in [5.74, 6) is 0. The van der Waals surface area contributed by atoms with Crippen molar-refractivity contribution in [1.82, 2.24) is 0 Å². The molecule has 0 unspecified atom stereocenters. The lowest BCUT2D eigenvalue weighted by molar-refractivity contribution is -0.704. The molecule has 0 spiro atoms. The van der Waals surface area contributed by atoms with Gasteiger partial charge in [-0.15, -0.1) is 11.8 Å². The van der Waals surface area contributed by atoms with E-state index in [2.05, 4.69) is 55.9 Å². The number of fused-ring (bicyclic) bond motifs is 1. The maximum Gasteiger partial charge on any atom is 0.186 e. The molecule has 96 valence electrons. The molecule has 1 heterocycles. The fourth-order valence-corrected chi connectivity index (χ4v) is 2.94. The predicted octanol–water partition coefficient (Wildman–Crippen LogP) is 4.22. The number of rotatable bonds is 4. The van der Waals surface area contributed by atoms with Gasteiger partial charge in [0.25, 0.3) is 0 Å². The third-order valence-electron chi connectivity index (χ3n) is 3.68. The lowest BCUT2D eigenvalue weighted by Crippen LogP contribution is -2.37. The topological polar surface area (TPSA) is 3.88 Å². The molecular formula is C16H22NS+. The molecule has 0 fully saturated rings. The van der Waals surface area contributed by atoms with Gasteiger partial charge in [0, 0.05) is 25.2 Å². The van der Waals surface area contributed by atoms with E-state index in [4.69, 9.17) is 0 Å². The number of nitrogens with zero attached hydrogens (tertiary/aromatic N) is 1. The van der Waals surface area contributed by atoms with Gasteiger partial charge in [-0.1, -0.05) is 13.3 Å². The third-order valence-corrected chi connectivity index (χ3v) is 4.42. The van der Waals surface area contributed by atoms with Crippen molar-refractivity contribution >= 4 is 11.8 Å². The van der Waals surface area contributed by atoms with Crippen molar-refractivity contribution in [3.05, 3.63) is 35.7 Å². The van der Waals surface area contributed by atoms with Gasteiger partial charge in [-0.05, 0) is 30.5 Å². The highest BCUT2D eigenvalue weighted by Gasteiger charge is 2.24. The van der Waals surface area contributed by atoms with Gasteiger partial charge in [0.15, 0.2) is 11.4 Å². The molecule has 0 saturated carbocycles. The smallest absolute Gasteiger partial charge is 0.186 e. The van der Waals surface area contributed by atoms with Crippen LogP contribution in [0, 0.1) is 13.8 Å². The second-order valence-electron chi connectivity index (χ2n) is 4.78. The van der Waals surface area contributed by atoms with Crippen LogP contribution in [-0.2, 0) is 6.54 Å². The minimum atomic E-state index is 1.14. The van der Waals surface area contributed by atoms with E-state index in [1.165, 1.54) is 40.3 Å². The molecule has 0 bridgehead atoms. The molecular weight excluding hydrogens is 238 g/mol. The minimum Gasteiger partial charge on any atom is -0.199 e. The number of hydrogen-bond acceptors (Lipinski definition) is 1. The Morgan fingerprint density at radius 2 is 1.56 bits per heavy atom. The molecule has 1 aliphatic heterocycles. The Bertz CT molecular complexity index is 479. The Kier molecular flexibility index (Phi) is 4.28. The first kappa shape index (κ1) is 13.4. The predicted molar refractivity (Wildman–Crippen MR) is 79.4 cm³/mol. The van der Waals surface area contributed by atoms with Crippen LogP contribution in [0.2, 0.25) is 0 Å². The van der Waals surface area contributed by atoms with E-state index in [1.807, 2.05) is 0 Å². The zero-order valence-electron chi connectivity index (χ0n) is 11.8. The van der Waals surface area contributed by atoms with Crippen LogP contribution in [0.25, 0.3) is 11.1 Å². The average molecular weight is 260 g/mol. The van der Waals surface area contributed by atoms with Gasteiger partial charge in [-0.25, -0.2) is 0 Å². The molecule has 0 amide bonds. The van der Waals surface area contributed by atoms with Crippen molar-refractivity contribution in [3.63, 3.8) is 0 Å². The molecule has 0 N–H and O–H groups in total. The van der Waals surface area contributed by atoms with Gasteiger partial charge in [0.1, 0.15) is 6.54 Å². The van der Waals surface area contributed by atoms with Gasteiger partial charge in [-0.3, -0.25) is 0 Å². The summed E-state index contributed by atoms with van der Waals surface area (Å²) < 4.78 is 2.47. The lowest BCUT2D eigenvalue weighted by atomic mass is 10.1. The Morgan fingerprint density at radius 3 is 2.00 bits per heavy atom. The number of aromatic nitrogens is 1. The summed E-state index contributed by atoms with van der Waals surface area (Å²) in [6.07, 6.45) is 4.63. The first-order valence-corrected chi connectivity index (χ1v) is 7.88. The Morgan fingerprint density at radius 1 is 1.00 bits per heavy atom. The summed E-state index contributed by atoms with van der Waals surface area (Å²) in [6, 6.07) is 8.99. The van der Waals surface area contributed by atoms with Gasteiger partial charge < -0.3 is 0 Å². The van der Waals surface area contributed by atoms with E-state index >= 15 is 0 Å². The van der Waals surface area contributed by atoms with Crippen LogP contribution in [0.15, 0.2) is 29.2 Å². The zero-order valence-corrected chi connectivity index (χ0v) is 12.6. The minimum absolute atomic E-state index is 1.14. The van der Waals surface area contributed by atoms with Crippen LogP contribution < -0.4 is 4.57 Å². The van der Waals surface area contributed by atoms with Crippen molar-refractivity contribution < 1.29 is 4.57 Å². The average Bonchev–Trinajstić information content (AvgIpc) is 2.56. The number of unbranched alkanes of at least 4 members (excludes halogenated alkanes) is 1. The van der Waals surface area contributed by atoms with Crippen molar-refractivity contribution in [2.75, 3.05) is 6.26 Å². The zero-order chi connectivity index (χ0) is 13.1. The van der Waals surface area contributed by atoms with Crippen molar-refractivity contribution in [3.8, 4) is 11.1 Å². The van der Waals surface area contributed by atoms with E-state index in [0.29, 0.717) is 0 Å². The molecule has 2 rings (SSSR count). The van der Waals surface area contributed by atoms with Crippen LogP contribution in [-0.4, -0.2) is 6.26 Å². The Labute approximate surface area is 115 Å². The maximum absolute atomic E-state index is 2.47. The summed E-state index contributed by atoms with van der Waals surface area (Å²) in [5.41, 5.74) is 5.59. The molecule has 2 heteroatoms. The molecule has 0 aromatic rings. The van der Waals surface area contributed by atoms with E-state index in [9.17, 15) is 0 Å². The van der Waals surface area contributed by atoms with Crippen molar-refractivity contribution in [2.24, 2.45) is 0 Å². The van der Waals surface area contributed by atoms with Gasteiger partial charge >= 0.3 is 0 Å². The second-order valence-corrected chi connectivity index (χ2v) is 5.66. The fourth-order valence-electron chi connectivity index (χ4n) is 2.53. The molecule has 0 radical (unpaired) electrons. The normalized spacial score (nSPS) is 11.1. The van der Waals surface area contributed by atoms with Gasteiger partial charge in [-0.2, -0.15) is 4.57 Å². The fraction of sp³-hybridized carbons (Fsp3) is 0.438. The van der Waals surface area contributed by atoms with Crippen LogP contribution >= 0.6 is 11.8 Å². The van der Waals surface area contributed by atoms with Crippen molar-refractivity contribution in [1.29, 1.82) is 0 Å². The quantitative estimate of drug-likeness (QED) is 0.588. The van der Waals surface area contributed by atoms with Crippen molar-refractivity contribution in [2.45, 2.75) is 45.1 Å². The first-order chi connectivity index (χ1) is 8.69. The van der Waals surface area contributed by atoms with E-state index < -0.39 is 0 Å². The highest BCUT2D eigenvalue weighted by Crippen LogP contribution is 2.28. The summed E-state index contributed by atoms with van der Waals surface area (Å²) in [7, 11) is 0. The number of hydrogen-bond donors (Lipinski definition) is 0. The largest absolute Gasteiger partial charge is 0.199 e. The maximum atomic E-state index is 2.47. The second kappa shape index (κ2) is 5.75. The van der Waals surface area contributed by atoms with Gasteiger partial charge in [0.2, 0.25) is 0 Å². The standard InChI is InChI=1S/C16H22NS/c1-5-6-11-17-12(2)15-9-7-14(18-4)8-10-16(15)13(17)3/h7-10H,5-6,11H2,1-4H3/q+1. The summed E-state index contributed by atoms with van der Waals surface area (Å²) >= 11 is 1.80. The third kappa shape index (κ3) is 2.39. The molecule has 1 aliphatic carbocycles. The highest BCUT2D eigenvalue weighted by atomic mass is 32.2. The Balaban J connectivity index is 2.53. The SMILES string of the molecule is CCCC[n+]1c(C)c2ccc(SC)ccc-2c1C. The summed E-state index contributed by atoms with van der Waals surface area (Å²) in [4.78, 5) is 1.32. The molecule has 0 aromatic carbocycles. The van der Waals surface area contributed by atoms with Crippen LogP contribution in [0.5, 0.6) is 0 Å². The summed E-state index contributed by atoms with van der Waals surface area (Å²) in [5, 5.41) is 0. The molecule has 0 aromatic heterocycles. The number of thioether (sulfide) groups is 1. The van der Waals surface area contributed by atoms with E-state index in [1.54, 1.807) is 11.8 Å². The molecule has 0 saturated heterocycles. The molecule has 1 nitrogen and oxygen atoms in total. The highest BCUT2D eigenvalue weighted by molar-refractivity contribution is 7.98. The van der Waals surface area contributed by atoms with Crippen LogP contribution in [0.1, 0.15) is 31.2 Å². The van der Waals surface area contributed by atoms with Crippen LogP contribution in [0.3, 0.4) is 0 Å². The molecule has 0 atom stereocenters. The molecule has 18 heavy (non-hydrogen) atoms. The summed E-state index contributed by atoms with van der Waals surface area (Å²) in [6.45, 7) is 7.87. The lowest BCUT2D eigenvalue weighted by Gasteiger charge is -1.95. The van der Waals surface area contributed by atoms with E-state index in [0.717, 1.165) is 6.54 Å². The first-order valence-electron chi connectivity index (χ1n) is 6.65. The van der Waals surface area contributed by atoms with Crippen LogP contribution in [0.4, 0.5) is 0 Å².